The molecular weight excluding hydrogens is 254 g/mol. The molecule has 1 aromatic carbocycles. The van der Waals surface area contributed by atoms with E-state index in [1.54, 1.807) is 19.2 Å². The van der Waals surface area contributed by atoms with Gasteiger partial charge < -0.3 is 9.30 Å². The van der Waals surface area contributed by atoms with Gasteiger partial charge in [-0.2, -0.15) is 0 Å². The number of carbonyl (C=O) groups is 1. The van der Waals surface area contributed by atoms with Gasteiger partial charge in [-0.05, 0) is 38.1 Å². The standard InChI is InChI=1S/C16H17NO3/c1-4-20-13-7-5-6-12(10-13)15-9-8-14(11(2)18)16(19)17(15)3/h5-10H,4H2,1-3H3. The zero-order valence-corrected chi connectivity index (χ0v) is 11.8. The third-order valence-electron chi connectivity index (χ3n) is 3.12. The summed E-state index contributed by atoms with van der Waals surface area (Å²) in [5.41, 5.74) is 1.56. The van der Waals surface area contributed by atoms with Crippen LogP contribution in [0, 0.1) is 0 Å². The lowest BCUT2D eigenvalue weighted by Crippen LogP contribution is -2.24. The van der Waals surface area contributed by atoms with Crippen LogP contribution in [-0.2, 0) is 7.05 Å². The van der Waals surface area contributed by atoms with Gasteiger partial charge in [-0.3, -0.25) is 9.59 Å². The summed E-state index contributed by atoms with van der Waals surface area (Å²) in [6.45, 7) is 3.90. The van der Waals surface area contributed by atoms with E-state index in [2.05, 4.69) is 0 Å². The van der Waals surface area contributed by atoms with Crippen LogP contribution in [-0.4, -0.2) is 17.0 Å². The molecule has 2 rings (SSSR count). The van der Waals surface area contributed by atoms with Crippen LogP contribution >= 0.6 is 0 Å². The van der Waals surface area contributed by atoms with E-state index in [0.29, 0.717) is 6.61 Å². The first-order valence-electron chi connectivity index (χ1n) is 6.48. The van der Waals surface area contributed by atoms with E-state index in [1.165, 1.54) is 11.5 Å². The molecule has 0 fully saturated rings. The Kier molecular flexibility index (Phi) is 4.03. The van der Waals surface area contributed by atoms with Gasteiger partial charge in [0.15, 0.2) is 5.78 Å². The normalized spacial score (nSPS) is 10.3. The molecular formula is C16H17NO3. The highest BCUT2D eigenvalue weighted by Crippen LogP contribution is 2.22. The fraction of sp³-hybridized carbons (Fsp3) is 0.250. The second kappa shape index (κ2) is 5.74. The third kappa shape index (κ3) is 2.64. The van der Waals surface area contributed by atoms with Crippen LogP contribution in [0.4, 0.5) is 0 Å². The predicted molar refractivity (Wildman–Crippen MR) is 78.3 cm³/mol. The van der Waals surface area contributed by atoms with E-state index < -0.39 is 0 Å². The molecule has 0 aliphatic rings. The van der Waals surface area contributed by atoms with Crippen molar-refractivity contribution in [3.8, 4) is 17.0 Å². The molecule has 0 unspecified atom stereocenters. The van der Waals surface area contributed by atoms with Crippen LogP contribution in [0.2, 0.25) is 0 Å². The number of ketones is 1. The second-order valence-electron chi connectivity index (χ2n) is 4.51. The molecule has 0 bridgehead atoms. The molecule has 4 heteroatoms. The van der Waals surface area contributed by atoms with E-state index >= 15 is 0 Å². The Bertz CT molecular complexity index is 701. The Labute approximate surface area is 117 Å². The van der Waals surface area contributed by atoms with Crippen molar-refractivity contribution in [2.24, 2.45) is 7.05 Å². The average molecular weight is 271 g/mol. The molecule has 0 radical (unpaired) electrons. The summed E-state index contributed by atoms with van der Waals surface area (Å²) >= 11 is 0. The predicted octanol–water partition coefficient (Wildman–Crippen LogP) is 2.65. The molecule has 104 valence electrons. The van der Waals surface area contributed by atoms with Crippen molar-refractivity contribution < 1.29 is 9.53 Å². The van der Waals surface area contributed by atoms with Crippen LogP contribution in [0.1, 0.15) is 24.2 Å². The van der Waals surface area contributed by atoms with Gasteiger partial charge in [-0.1, -0.05) is 12.1 Å². The third-order valence-corrected chi connectivity index (χ3v) is 3.12. The van der Waals surface area contributed by atoms with Crippen molar-refractivity contribution in [2.45, 2.75) is 13.8 Å². The number of rotatable bonds is 4. The lowest BCUT2D eigenvalue weighted by molar-refractivity contribution is 0.101. The molecule has 0 saturated heterocycles. The molecule has 2 aromatic rings. The van der Waals surface area contributed by atoms with E-state index in [9.17, 15) is 9.59 Å². The Morgan fingerprint density at radius 1 is 1.25 bits per heavy atom. The van der Waals surface area contributed by atoms with Crippen molar-refractivity contribution in [1.82, 2.24) is 4.57 Å². The molecule has 0 aliphatic heterocycles. The van der Waals surface area contributed by atoms with Crippen LogP contribution in [0.25, 0.3) is 11.3 Å². The minimum atomic E-state index is -0.281. The van der Waals surface area contributed by atoms with Crippen molar-refractivity contribution in [3.05, 3.63) is 52.3 Å². The highest BCUT2D eigenvalue weighted by molar-refractivity contribution is 5.93. The van der Waals surface area contributed by atoms with Gasteiger partial charge in [0.25, 0.3) is 5.56 Å². The SMILES string of the molecule is CCOc1cccc(-c2ccc(C(C)=O)c(=O)n2C)c1. The summed E-state index contributed by atoms with van der Waals surface area (Å²) < 4.78 is 6.95. The van der Waals surface area contributed by atoms with Gasteiger partial charge >= 0.3 is 0 Å². The molecule has 0 amide bonds. The molecule has 0 saturated carbocycles. The van der Waals surface area contributed by atoms with Crippen LogP contribution < -0.4 is 10.3 Å². The van der Waals surface area contributed by atoms with Crippen molar-refractivity contribution in [1.29, 1.82) is 0 Å². The van der Waals surface area contributed by atoms with Crippen molar-refractivity contribution >= 4 is 5.78 Å². The molecule has 20 heavy (non-hydrogen) atoms. The summed E-state index contributed by atoms with van der Waals surface area (Å²) in [6.07, 6.45) is 0. The topological polar surface area (TPSA) is 48.3 Å². The number of pyridine rings is 1. The first-order chi connectivity index (χ1) is 9.54. The van der Waals surface area contributed by atoms with Gasteiger partial charge in [-0.25, -0.2) is 0 Å². The average Bonchev–Trinajstić information content (AvgIpc) is 2.42. The zero-order chi connectivity index (χ0) is 14.7. The Morgan fingerprint density at radius 2 is 2.00 bits per heavy atom. The van der Waals surface area contributed by atoms with Gasteiger partial charge in [0.2, 0.25) is 0 Å². The number of hydrogen-bond donors (Lipinski definition) is 0. The van der Waals surface area contributed by atoms with Gasteiger partial charge in [0, 0.05) is 12.6 Å². The molecule has 1 heterocycles. The van der Waals surface area contributed by atoms with Gasteiger partial charge in [0.05, 0.1) is 17.9 Å². The van der Waals surface area contributed by atoms with Crippen LogP contribution in [0.15, 0.2) is 41.2 Å². The summed E-state index contributed by atoms with van der Waals surface area (Å²) in [5.74, 6) is 0.535. The van der Waals surface area contributed by atoms with E-state index in [-0.39, 0.29) is 16.9 Å². The number of ether oxygens (including phenoxy) is 1. The largest absolute Gasteiger partial charge is 0.494 e. The molecule has 4 nitrogen and oxygen atoms in total. The van der Waals surface area contributed by atoms with E-state index in [4.69, 9.17) is 4.74 Å². The molecule has 0 spiro atoms. The van der Waals surface area contributed by atoms with Gasteiger partial charge in [0.1, 0.15) is 5.75 Å². The number of aromatic nitrogens is 1. The fourth-order valence-electron chi connectivity index (χ4n) is 2.11. The Morgan fingerprint density at radius 3 is 2.65 bits per heavy atom. The molecule has 0 N–H and O–H groups in total. The monoisotopic (exact) mass is 271 g/mol. The summed E-state index contributed by atoms with van der Waals surface area (Å²) in [4.78, 5) is 23.5. The number of nitrogens with zero attached hydrogens (tertiary/aromatic N) is 1. The lowest BCUT2D eigenvalue weighted by atomic mass is 10.1. The molecule has 0 atom stereocenters. The summed E-state index contributed by atoms with van der Waals surface area (Å²) in [6, 6.07) is 10.9. The summed E-state index contributed by atoms with van der Waals surface area (Å²) in [7, 11) is 1.66. The molecule has 1 aromatic heterocycles. The van der Waals surface area contributed by atoms with E-state index in [0.717, 1.165) is 17.0 Å². The molecule has 0 aliphatic carbocycles. The van der Waals surface area contributed by atoms with Crippen LogP contribution in [0.5, 0.6) is 5.75 Å². The lowest BCUT2D eigenvalue weighted by Gasteiger charge is -2.11. The number of carbonyl (C=O) groups excluding carboxylic acids is 1. The summed E-state index contributed by atoms with van der Waals surface area (Å²) in [5, 5.41) is 0. The highest BCUT2D eigenvalue weighted by atomic mass is 16.5. The number of hydrogen-bond acceptors (Lipinski definition) is 3. The Hall–Kier alpha value is -2.36. The fourth-order valence-corrected chi connectivity index (χ4v) is 2.11. The van der Waals surface area contributed by atoms with Crippen molar-refractivity contribution in [2.75, 3.05) is 6.61 Å². The first-order valence-corrected chi connectivity index (χ1v) is 6.48. The maximum Gasteiger partial charge on any atom is 0.261 e. The minimum Gasteiger partial charge on any atom is -0.494 e. The maximum absolute atomic E-state index is 12.1. The second-order valence-corrected chi connectivity index (χ2v) is 4.51. The van der Waals surface area contributed by atoms with Gasteiger partial charge in [-0.15, -0.1) is 0 Å². The van der Waals surface area contributed by atoms with E-state index in [1.807, 2.05) is 31.2 Å². The minimum absolute atomic E-state index is 0.206. The highest BCUT2D eigenvalue weighted by Gasteiger charge is 2.11. The van der Waals surface area contributed by atoms with Crippen molar-refractivity contribution in [3.63, 3.8) is 0 Å². The van der Waals surface area contributed by atoms with Crippen LogP contribution in [0.3, 0.4) is 0 Å². The quantitative estimate of drug-likeness (QED) is 0.803. The zero-order valence-electron chi connectivity index (χ0n) is 11.8. The Balaban J connectivity index is 2.54. The maximum atomic E-state index is 12.1. The number of benzene rings is 1. The number of Topliss-reactive ketones (excluding diaryl/α,β-unsaturated/α-hetero) is 1. The smallest absolute Gasteiger partial charge is 0.261 e. The first kappa shape index (κ1) is 14.1.